The standard InChI is InChI=1S/C7H16O3/c1-3-4-5-6(8)7(2,9)10/h6,8-10H,3-5H2,1-2H3. The molecular formula is C7H16O3. The summed E-state index contributed by atoms with van der Waals surface area (Å²) in [6.45, 7) is 3.17. The Labute approximate surface area is 61.3 Å². The molecule has 62 valence electrons. The summed E-state index contributed by atoms with van der Waals surface area (Å²) in [5.74, 6) is -1.94. The average molecular weight is 148 g/mol. The lowest BCUT2D eigenvalue weighted by Gasteiger charge is -2.22. The van der Waals surface area contributed by atoms with Gasteiger partial charge in [-0.05, 0) is 13.3 Å². The van der Waals surface area contributed by atoms with E-state index in [1.54, 1.807) is 0 Å². The van der Waals surface area contributed by atoms with E-state index in [4.69, 9.17) is 15.3 Å². The number of rotatable bonds is 4. The van der Waals surface area contributed by atoms with Crippen LogP contribution in [-0.2, 0) is 0 Å². The van der Waals surface area contributed by atoms with Crippen molar-refractivity contribution < 1.29 is 15.3 Å². The summed E-state index contributed by atoms with van der Waals surface area (Å²) in [5, 5.41) is 26.7. The average Bonchev–Trinajstić information content (AvgIpc) is 1.80. The maximum atomic E-state index is 9.02. The van der Waals surface area contributed by atoms with Gasteiger partial charge in [0.05, 0.1) is 0 Å². The van der Waals surface area contributed by atoms with Gasteiger partial charge in [-0.1, -0.05) is 19.8 Å². The van der Waals surface area contributed by atoms with Crippen LogP contribution >= 0.6 is 0 Å². The molecule has 0 amide bonds. The third kappa shape index (κ3) is 3.82. The van der Waals surface area contributed by atoms with E-state index >= 15 is 0 Å². The molecule has 0 aromatic carbocycles. The zero-order chi connectivity index (χ0) is 8.20. The summed E-state index contributed by atoms with van der Waals surface area (Å²) in [5.41, 5.74) is 0. The molecule has 0 bridgehead atoms. The van der Waals surface area contributed by atoms with Gasteiger partial charge in [-0.25, -0.2) is 0 Å². The number of unbranched alkanes of at least 4 members (excludes halogenated alkanes) is 1. The zero-order valence-electron chi connectivity index (χ0n) is 6.54. The highest BCUT2D eigenvalue weighted by Gasteiger charge is 2.25. The molecule has 0 spiro atoms. The molecular weight excluding hydrogens is 132 g/mol. The molecule has 1 unspecified atom stereocenters. The topological polar surface area (TPSA) is 60.7 Å². The van der Waals surface area contributed by atoms with Crippen molar-refractivity contribution in [3.63, 3.8) is 0 Å². The number of hydrogen-bond acceptors (Lipinski definition) is 3. The predicted octanol–water partition coefficient (Wildman–Crippen LogP) is 0.238. The Morgan fingerprint density at radius 2 is 1.90 bits per heavy atom. The molecule has 0 aromatic rings. The van der Waals surface area contributed by atoms with Crippen LogP contribution in [0.2, 0.25) is 0 Å². The molecule has 0 aromatic heterocycles. The molecule has 0 aliphatic heterocycles. The number of hydrogen-bond donors (Lipinski definition) is 3. The summed E-state index contributed by atoms with van der Waals surface area (Å²) >= 11 is 0. The molecule has 3 heteroatoms. The molecule has 0 rings (SSSR count). The molecule has 10 heavy (non-hydrogen) atoms. The van der Waals surface area contributed by atoms with E-state index in [0.717, 1.165) is 12.8 Å². The molecule has 3 nitrogen and oxygen atoms in total. The summed E-state index contributed by atoms with van der Waals surface area (Å²) in [6, 6.07) is 0. The first kappa shape index (κ1) is 9.88. The fourth-order valence-corrected chi connectivity index (χ4v) is 0.671. The van der Waals surface area contributed by atoms with Crippen molar-refractivity contribution >= 4 is 0 Å². The second kappa shape index (κ2) is 3.91. The molecule has 0 aliphatic rings. The van der Waals surface area contributed by atoms with Crippen LogP contribution in [-0.4, -0.2) is 27.2 Å². The van der Waals surface area contributed by atoms with E-state index in [0.29, 0.717) is 6.42 Å². The number of aliphatic hydroxyl groups excluding tert-OH is 1. The third-order valence-electron chi connectivity index (χ3n) is 1.46. The quantitative estimate of drug-likeness (QED) is 0.500. The van der Waals surface area contributed by atoms with Crippen LogP contribution < -0.4 is 0 Å². The zero-order valence-corrected chi connectivity index (χ0v) is 6.54. The van der Waals surface area contributed by atoms with Gasteiger partial charge in [0.2, 0.25) is 0 Å². The van der Waals surface area contributed by atoms with E-state index in [-0.39, 0.29) is 0 Å². The minimum atomic E-state index is -1.94. The maximum absolute atomic E-state index is 9.02. The fraction of sp³-hybridized carbons (Fsp3) is 1.00. The van der Waals surface area contributed by atoms with Gasteiger partial charge in [-0.2, -0.15) is 0 Å². The highest BCUT2D eigenvalue weighted by molar-refractivity contribution is 4.68. The van der Waals surface area contributed by atoms with Crippen LogP contribution in [0, 0.1) is 0 Å². The van der Waals surface area contributed by atoms with Crippen molar-refractivity contribution in [1.29, 1.82) is 0 Å². The summed E-state index contributed by atoms with van der Waals surface area (Å²) in [7, 11) is 0. The van der Waals surface area contributed by atoms with Crippen molar-refractivity contribution in [2.75, 3.05) is 0 Å². The van der Waals surface area contributed by atoms with Crippen LogP contribution in [0.25, 0.3) is 0 Å². The van der Waals surface area contributed by atoms with Gasteiger partial charge < -0.3 is 15.3 Å². The minimum Gasteiger partial charge on any atom is -0.388 e. The van der Waals surface area contributed by atoms with E-state index in [9.17, 15) is 0 Å². The van der Waals surface area contributed by atoms with Crippen molar-refractivity contribution in [3.8, 4) is 0 Å². The first-order valence-corrected chi connectivity index (χ1v) is 3.61. The van der Waals surface area contributed by atoms with E-state index in [2.05, 4.69) is 0 Å². The second-order valence-corrected chi connectivity index (χ2v) is 2.75. The fourth-order valence-electron chi connectivity index (χ4n) is 0.671. The first-order chi connectivity index (χ1) is 4.48. The van der Waals surface area contributed by atoms with Gasteiger partial charge in [-0.3, -0.25) is 0 Å². The first-order valence-electron chi connectivity index (χ1n) is 3.61. The van der Waals surface area contributed by atoms with Crippen LogP contribution in [0.4, 0.5) is 0 Å². The second-order valence-electron chi connectivity index (χ2n) is 2.75. The third-order valence-corrected chi connectivity index (χ3v) is 1.46. The monoisotopic (exact) mass is 148 g/mol. The van der Waals surface area contributed by atoms with Crippen molar-refractivity contribution in [2.24, 2.45) is 0 Å². The van der Waals surface area contributed by atoms with Crippen LogP contribution in [0.3, 0.4) is 0 Å². The molecule has 0 aliphatic carbocycles. The highest BCUT2D eigenvalue weighted by atomic mass is 16.5. The maximum Gasteiger partial charge on any atom is 0.186 e. The molecule has 3 N–H and O–H groups in total. The van der Waals surface area contributed by atoms with Gasteiger partial charge in [-0.15, -0.1) is 0 Å². The van der Waals surface area contributed by atoms with Gasteiger partial charge >= 0.3 is 0 Å². The number of aliphatic hydroxyl groups is 3. The Morgan fingerprint density at radius 3 is 2.20 bits per heavy atom. The molecule has 0 saturated heterocycles. The summed E-state index contributed by atoms with van der Waals surface area (Å²) in [6.07, 6.45) is 1.19. The van der Waals surface area contributed by atoms with E-state index < -0.39 is 11.9 Å². The highest BCUT2D eigenvalue weighted by Crippen LogP contribution is 2.11. The molecule has 0 saturated carbocycles. The van der Waals surface area contributed by atoms with Gasteiger partial charge in [0.25, 0.3) is 0 Å². The smallest absolute Gasteiger partial charge is 0.186 e. The Hall–Kier alpha value is -0.120. The molecule has 0 heterocycles. The van der Waals surface area contributed by atoms with Crippen molar-refractivity contribution in [1.82, 2.24) is 0 Å². The van der Waals surface area contributed by atoms with E-state index in [1.807, 2.05) is 6.92 Å². The Kier molecular flexibility index (Phi) is 3.86. The Bertz CT molecular complexity index is 85.3. The van der Waals surface area contributed by atoms with Crippen LogP contribution in [0.5, 0.6) is 0 Å². The van der Waals surface area contributed by atoms with Gasteiger partial charge in [0.1, 0.15) is 6.10 Å². The van der Waals surface area contributed by atoms with Crippen LogP contribution in [0.1, 0.15) is 33.1 Å². The van der Waals surface area contributed by atoms with Gasteiger partial charge in [0.15, 0.2) is 5.79 Å². The lowest BCUT2D eigenvalue weighted by Crippen LogP contribution is -2.38. The Morgan fingerprint density at radius 1 is 1.40 bits per heavy atom. The molecule has 1 atom stereocenters. The van der Waals surface area contributed by atoms with Crippen molar-refractivity contribution in [3.05, 3.63) is 0 Å². The lowest BCUT2D eigenvalue weighted by atomic mass is 10.1. The minimum absolute atomic E-state index is 0.444. The summed E-state index contributed by atoms with van der Waals surface area (Å²) < 4.78 is 0. The van der Waals surface area contributed by atoms with Crippen LogP contribution in [0.15, 0.2) is 0 Å². The molecule has 0 radical (unpaired) electrons. The predicted molar refractivity (Wildman–Crippen MR) is 38.4 cm³/mol. The Balaban J connectivity index is 3.52. The van der Waals surface area contributed by atoms with Gasteiger partial charge in [0, 0.05) is 0 Å². The normalized spacial score (nSPS) is 15.3. The lowest BCUT2D eigenvalue weighted by molar-refractivity contribution is -0.212. The largest absolute Gasteiger partial charge is 0.388 e. The SMILES string of the molecule is CCCCC(O)C(C)(O)O. The van der Waals surface area contributed by atoms with E-state index in [1.165, 1.54) is 6.92 Å². The van der Waals surface area contributed by atoms with Crippen molar-refractivity contribution in [2.45, 2.75) is 45.0 Å². The molecule has 0 fully saturated rings. The summed E-state index contributed by atoms with van der Waals surface area (Å²) in [4.78, 5) is 0.